The Morgan fingerprint density at radius 1 is 1.37 bits per heavy atom. The molecule has 0 radical (unpaired) electrons. The van der Waals surface area contributed by atoms with Crippen molar-refractivity contribution in [3.8, 4) is 5.88 Å². The molecular weight excluding hydrogens is 242 g/mol. The van der Waals surface area contributed by atoms with E-state index >= 15 is 0 Å². The summed E-state index contributed by atoms with van der Waals surface area (Å²) >= 11 is 0. The minimum atomic E-state index is -0.149. The second kappa shape index (κ2) is 5.33. The molecule has 2 heterocycles. The molecule has 0 aliphatic carbocycles. The number of hydrogen-bond acceptors (Lipinski definition) is 5. The van der Waals surface area contributed by atoms with Gasteiger partial charge in [0.15, 0.2) is 0 Å². The summed E-state index contributed by atoms with van der Waals surface area (Å²) in [4.78, 5) is 8.84. The van der Waals surface area contributed by atoms with Gasteiger partial charge in [0.25, 0.3) is 0 Å². The Morgan fingerprint density at radius 2 is 2.11 bits per heavy atom. The van der Waals surface area contributed by atoms with Gasteiger partial charge in [0.2, 0.25) is 5.88 Å². The Labute approximate surface area is 114 Å². The van der Waals surface area contributed by atoms with Crippen LogP contribution < -0.4 is 10.5 Å². The van der Waals surface area contributed by atoms with Crippen LogP contribution in [0.1, 0.15) is 45.0 Å². The molecule has 2 N–H and O–H groups in total. The molecule has 2 rings (SSSR count). The van der Waals surface area contributed by atoms with E-state index in [9.17, 15) is 0 Å². The average Bonchev–Trinajstić information content (AvgIpc) is 2.82. The van der Waals surface area contributed by atoms with Crippen molar-refractivity contribution in [3.05, 3.63) is 11.4 Å². The smallest absolute Gasteiger partial charge is 0.221 e. The summed E-state index contributed by atoms with van der Waals surface area (Å²) < 4.78 is 11.3. The van der Waals surface area contributed by atoms with E-state index in [1.165, 1.54) is 0 Å². The molecule has 1 unspecified atom stereocenters. The molecular formula is C14H23N3O2. The molecule has 106 valence electrons. The molecule has 1 aliphatic rings. The monoisotopic (exact) mass is 265 g/mol. The predicted molar refractivity (Wildman–Crippen MR) is 74.4 cm³/mol. The first kappa shape index (κ1) is 14.1. The van der Waals surface area contributed by atoms with Gasteiger partial charge in [0, 0.05) is 12.0 Å². The summed E-state index contributed by atoms with van der Waals surface area (Å²) in [5.74, 6) is 1.77. The highest BCUT2D eigenvalue weighted by atomic mass is 16.5. The number of nitrogens with two attached hydrogens (primary N) is 1. The van der Waals surface area contributed by atoms with Crippen LogP contribution in [-0.4, -0.2) is 29.3 Å². The molecule has 1 atom stereocenters. The fourth-order valence-corrected chi connectivity index (χ4v) is 1.94. The third-order valence-electron chi connectivity index (χ3n) is 3.24. The van der Waals surface area contributed by atoms with Gasteiger partial charge in [0.1, 0.15) is 18.2 Å². The van der Waals surface area contributed by atoms with Gasteiger partial charge in [-0.1, -0.05) is 20.8 Å². The van der Waals surface area contributed by atoms with Crippen molar-refractivity contribution in [2.45, 2.75) is 52.1 Å². The van der Waals surface area contributed by atoms with Crippen LogP contribution in [0.15, 0.2) is 0 Å². The molecule has 1 fully saturated rings. The molecule has 0 aromatic carbocycles. The summed E-state index contributed by atoms with van der Waals surface area (Å²) in [6, 6.07) is 0. The lowest BCUT2D eigenvalue weighted by Crippen LogP contribution is -2.21. The van der Waals surface area contributed by atoms with Crippen molar-refractivity contribution in [2.75, 3.05) is 18.9 Å². The minimum absolute atomic E-state index is 0.149. The molecule has 0 saturated carbocycles. The average molecular weight is 265 g/mol. The maximum atomic E-state index is 5.94. The Hall–Kier alpha value is -1.36. The first-order valence-corrected chi connectivity index (χ1v) is 6.77. The van der Waals surface area contributed by atoms with E-state index in [0.29, 0.717) is 24.1 Å². The first-order chi connectivity index (χ1) is 8.88. The van der Waals surface area contributed by atoms with E-state index in [-0.39, 0.29) is 11.5 Å². The second-order valence-corrected chi connectivity index (χ2v) is 6.06. The minimum Gasteiger partial charge on any atom is -0.475 e. The van der Waals surface area contributed by atoms with Crippen molar-refractivity contribution in [1.82, 2.24) is 9.97 Å². The number of nitrogens with zero attached hydrogens (tertiary/aromatic N) is 2. The summed E-state index contributed by atoms with van der Waals surface area (Å²) in [5, 5.41) is 0. The number of rotatable bonds is 3. The summed E-state index contributed by atoms with van der Waals surface area (Å²) in [6.45, 7) is 9.41. The van der Waals surface area contributed by atoms with Crippen molar-refractivity contribution in [2.24, 2.45) is 0 Å². The number of ether oxygens (including phenoxy) is 2. The van der Waals surface area contributed by atoms with Gasteiger partial charge < -0.3 is 15.2 Å². The van der Waals surface area contributed by atoms with Crippen LogP contribution in [0, 0.1) is 6.92 Å². The fourth-order valence-electron chi connectivity index (χ4n) is 1.94. The Kier molecular flexibility index (Phi) is 3.94. The molecule has 5 heteroatoms. The van der Waals surface area contributed by atoms with Gasteiger partial charge in [-0.2, -0.15) is 4.98 Å². The first-order valence-electron chi connectivity index (χ1n) is 6.77. The van der Waals surface area contributed by atoms with Gasteiger partial charge in [-0.05, 0) is 19.8 Å². The lowest BCUT2D eigenvalue weighted by atomic mass is 9.95. The number of aromatic nitrogens is 2. The zero-order chi connectivity index (χ0) is 14.0. The molecule has 0 amide bonds. The number of hydrogen-bond donors (Lipinski definition) is 1. The zero-order valence-electron chi connectivity index (χ0n) is 12.2. The molecule has 5 nitrogen and oxygen atoms in total. The van der Waals surface area contributed by atoms with Gasteiger partial charge in [-0.15, -0.1) is 0 Å². The van der Waals surface area contributed by atoms with Gasteiger partial charge >= 0.3 is 0 Å². The van der Waals surface area contributed by atoms with E-state index in [1.54, 1.807) is 0 Å². The highest BCUT2D eigenvalue weighted by Crippen LogP contribution is 2.26. The van der Waals surface area contributed by atoms with Crippen molar-refractivity contribution in [1.29, 1.82) is 0 Å². The quantitative estimate of drug-likeness (QED) is 0.907. The highest BCUT2D eigenvalue weighted by Gasteiger charge is 2.22. The zero-order valence-corrected chi connectivity index (χ0v) is 12.2. The third kappa shape index (κ3) is 3.35. The predicted octanol–water partition coefficient (Wildman–Crippen LogP) is 2.22. The molecule has 1 aromatic rings. The van der Waals surface area contributed by atoms with Crippen molar-refractivity contribution < 1.29 is 9.47 Å². The highest BCUT2D eigenvalue weighted by molar-refractivity contribution is 5.45. The lowest BCUT2D eigenvalue weighted by Gasteiger charge is -2.20. The summed E-state index contributed by atoms with van der Waals surface area (Å²) in [7, 11) is 0. The summed E-state index contributed by atoms with van der Waals surface area (Å²) in [5.41, 5.74) is 6.59. The lowest BCUT2D eigenvalue weighted by molar-refractivity contribution is 0.0659. The topological polar surface area (TPSA) is 70.3 Å². The van der Waals surface area contributed by atoms with E-state index in [2.05, 4.69) is 30.7 Å². The molecule has 1 saturated heterocycles. The second-order valence-electron chi connectivity index (χ2n) is 6.06. The van der Waals surface area contributed by atoms with Crippen LogP contribution in [0.3, 0.4) is 0 Å². The maximum absolute atomic E-state index is 5.94. The van der Waals surface area contributed by atoms with Crippen molar-refractivity contribution in [3.63, 3.8) is 0 Å². The molecule has 1 aromatic heterocycles. The van der Waals surface area contributed by atoms with E-state index < -0.39 is 0 Å². The van der Waals surface area contributed by atoms with Gasteiger partial charge in [-0.3, -0.25) is 0 Å². The molecule has 1 aliphatic heterocycles. The Morgan fingerprint density at radius 3 is 2.68 bits per heavy atom. The SMILES string of the molecule is Cc1c(N)nc(C(C)(C)C)nc1OCC1CCCO1. The standard InChI is InChI=1S/C14H23N3O2/c1-9-11(15)16-13(14(2,3)4)17-12(9)19-8-10-6-5-7-18-10/h10H,5-8H2,1-4H3,(H2,15,16,17). The van der Waals surface area contributed by atoms with E-state index in [4.69, 9.17) is 15.2 Å². The fraction of sp³-hybridized carbons (Fsp3) is 0.714. The van der Waals surface area contributed by atoms with Crippen LogP contribution >= 0.6 is 0 Å². The van der Waals surface area contributed by atoms with E-state index in [0.717, 1.165) is 25.0 Å². The molecule has 0 bridgehead atoms. The van der Waals surface area contributed by atoms with Crippen LogP contribution in [0.4, 0.5) is 5.82 Å². The van der Waals surface area contributed by atoms with Gasteiger partial charge in [0.05, 0.1) is 11.7 Å². The van der Waals surface area contributed by atoms with Crippen LogP contribution in [0.2, 0.25) is 0 Å². The maximum Gasteiger partial charge on any atom is 0.221 e. The normalized spacial score (nSPS) is 19.7. The molecule has 19 heavy (non-hydrogen) atoms. The largest absolute Gasteiger partial charge is 0.475 e. The number of anilines is 1. The Balaban J connectivity index is 2.16. The third-order valence-corrected chi connectivity index (χ3v) is 3.24. The van der Waals surface area contributed by atoms with Crippen LogP contribution in [0.5, 0.6) is 5.88 Å². The Bertz CT molecular complexity index is 449. The van der Waals surface area contributed by atoms with Crippen molar-refractivity contribution >= 4 is 5.82 Å². The van der Waals surface area contributed by atoms with Crippen LogP contribution in [0.25, 0.3) is 0 Å². The van der Waals surface area contributed by atoms with Crippen LogP contribution in [-0.2, 0) is 10.2 Å². The number of nitrogen functional groups attached to an aromatic ring is 1. The summed E-state index contributed by atoms with van der Waals surface area (Å²) in [6.07, 6.45) is 2.33. The van der Waals surface area contributed by atoms with Gasteiger partial charge in [-0.25, -0.2) is 4.98 Å². The van der Waals surface area contributed by atoms with E-state index in [1.807, 2.05) is 6.92 Å². The molecule has 0 spiro atoms.